The maximum atomic E-state index is 11.7. The molecule has 0 bridgehead atoms. The largest absolute Gasteiger partial charge is 0.397 e. The van der Waals surface area contributed by atoms with E-state index in [0.29, 0.717) is 28.7 Å². The number of benzene rings is 1. The molecule has 82 valence electrons. The smallest absolute Gasteiger partial charge is 0.253 e. The zero-order chi connectivity index (χ0) is 11.4. The molecule has 0 saturated carbocycles. The molecule has 1 rings (SSSR count). The number of hydrogen-bond donors (Lipinski definition) is 2. The van der Waals surface area contributed by atoms with Crippen LogP contribution in [0.4, 0.5) is 5.69 Å². The van der Waals surface area contributed by atoms with Crippen molar-refractivity contribution >= 4 is 23.2 Å². The maximum absolute atomic E-state index is 11.7. The van der Waals surface area contributed by atoms with Crippen LogP contribution in [0.3, 0.4) is 0 Å². The SMILES string of the molecule is CC(C)CNC(=O)c1cccc(Cl)c1N. The molecule has 0 radical (unpaired) electrons. The van der Waals surface area contributed by atoms with Crippen molar-refractivity contribution in [3.63, 3.8) is 0 Å². The molecule has 0 spiro atoms. The Morgan fingerprint density at radius 3 is 2.80 bits per heavy atom. The number of amides is 1. The Bertz CT molecular complexity index is 364. The zero-order valence-corrected chi connectivity index (χ0v) is 9.64. The van der Waals surface area contributed by atoms with E-state index in [1.165, 1.54) is 0 Å². The molecule has 0 fully saturated rings. The van der Waals surface area contributed by atoms with Crippen LogP contribution < -0.4 is 11.1 Å². The minimum absolute atomic E-state index is 0.177. The van der Waals surface area contributed by atoms with Crippen LogP contribution in [-0.4, -0.2) is 12.5 Å². The summed E-state index contributed by atoms with van der Waals surface area (Å²) in [5.41, 5.74) is 6.46. The molecule has 1 aromatic carbocycles. The van der Waals surface area contributed by atoms with Gasteiger partial charge in [0.15, 0.2) is 0 Å². The zero-order valence-electron chi connectivity index (χ0n) is 8.88. The van der Waals surface area contributed by atoms with E-state index in [1.54, 1.807) is 18.2 Å². The molecular formula is C11H15ClN2O. The molecule has 0 heterocycles. The van der Waals surface area contributed by atoms with Crippen molar-refractivity contribution in [2.45, 2.75) is 13.8 Å². The van der Waals surface area contributed by atoms with Crippen LogP contribution in [0.2, 0.25) is 5.02 Å². The van der Waals surface area contributed by atoms with Crippen LogP contribution in [0.15, 0.2) is 18.2 Å². The second-order valence-corrected chi connectivity index (χ2v) is 4.21. The first kappa shape index (κ1) is 11.9. The Morgan fingerprint density at radius 1 is 1.53 bits per heavy atom. The van der Waals surface area contributed by atoms with E-state index in [0.717, 1.165) is 0 Å². The summed E-state index contributed by atoms with van der Waals surface area (Å²) in [4.78, 5) is 11.7. The molecule has 0 aliphatic heterocycles. The molecular weight excluding hydrogens is 212 g/mol. The molecule has 1 aromatic rings. The summed E-state index contributed by atoms with van der Waals surface area (Å²) < 4.78 is 0. The predicted molar refractivity (Wildman–Crippen MR) is 63.0 cm³/mol. The van der Waals surface area contributed by atoms with Gasteiger partial charge in [0.1, 0.15) is 0 Å². The highest BCUT2D eigenvalue weighted by Gasteiger charge is 2.11. The summed E-state index contributed by atoms with van der Waals surface area (Å²) in [5, 5.41) is 3.20. The number of para-hydroxylation sites is 1. The summed E-state index contributed by atoms with van der Waals surface area (Å²) in [6.45, 7) is 4.69. The normalized spacial score (nSPS) is 10.4. The number of rotatable bonds is 3. The highest BCUT2D eigenvalue weighted by atomic mass is 35.5. The first-order valence-electron chi connectivity index (χ1n) is 4.84. The van der Waals surface area contributed by atoms with Gasteiger partial charge in [-0.2, -0.15) is 0 Å². The molecule has 0 unspecified atom stereocenters. The van der Waals surface area contributed by atoms with Gasteiger partial charge in [0.05, 0.1) is 16.3 Å². The van der Waals surface area contributed by atoms with E-state index in [4.69, 9.17) is 17.3 Å². The van der Waals surface area contributed by atoms with E-state index in [2.05, 4.69) is 5.32 Å². The Hall–Kier alpha value is -1.22. The fourth-order valence-electron chi connectivity index (χ4n) is 1.13. The molecule has 15 heavy (non-hydrogen) atoms. The summed E-state index contributed by atoms with van der Waals surface area (Å²) in [7, 11) is 0. The van der Waals surface area contributed by atoms with Gasteiger partial charge in [-0.25, -0.2) is 0 Å². The van der Waals surface area contributed by atoms with Gasteiger partial charge in [-0.3, -0.25) is 4.79 Å². The van der Waals surface area contributed by atoms with Gasteiger partial charge < -0.3 is 11.1 Å². The first-order valence-corrected chi connectivity index (χ1v) is 5.22. The van der Waals surface area contributed by atoms with Crippen LogP contribution in [0.1, 0.15) is 24.2 Å². The van der Waals surface area contributed by atoms with Crippen molar-refractivity contribution in [2.75, 3.05) is 12.3 Å². The number of nitrogens with one attached hydrogen (secondary N) is 1. The van der Waals surface area contributed by atoms with Crippen molar-refractivity contribution in [2.24, 2.45) is 5.92 Å². The minimum atomic E-state index is -0.177. The lowest BCUT2D eigenvalue weighted by atomic mass is 10.1. The van der Waals surface area contributed by atoms with E-state index < -0.39 is 0 Å². The number of anilines is 1. The van der Waals surface area contributed by atoms with Gasteiger partial charge in [0, 0.05) is 6.54 Å². The van der Waals surface area contributed by atoms with E-state index in [-0.39, 0.29) is 5.91 Å². The maximum Gasteiger partial charge on any atom is 0.253 e. The van der Waals surface area contributed by atoms with Crippen LogP contribution in [0, 0.1) is 5.92 Å². The predicted octanol–water partition coefficient (Wildman–Crippen LogP) is 2.31. The highest BCUT2D eigenvalue weighted by molar-refractivity contribution is 6.33. The Kier molecular flexibility index (Phi) is 3.97. The number of nitrogens with two attached hydrogens (primary N) is 1. The number of hydrogen-bond acceptors (Lipinski definition) is 2. The standard InChI is InChI=1S/C11H15ClN2O/c1-7(2)6-14-11(15)8-4-3-5-9(12)10(8)13/h3-5,7H,6,13H2,1-2H3,(H,14,15). The first-order chi connectivity index (χ1) is 7.02. The number of carbonyl (C=O) groups excluding carboxylic acids is 1. The van der Waals surface area contributed by atoms with Crippen molar-refractivity contribution in [3.8, 4) is 0 Å². The van der Waals surface area contributed by atoms with Crippen molar-refractivity contribution < 1.29 is 4.79 Å². The number of nitrogen functional groups attached to an aromatic ring is 1. The summed E-state index contributed by atoms with van der Waals surface area (Å²) >= 11 is 5.82. The van der Waals surface area contributed by atoms with Gasteiger partial charge in [0.2, 0.25) is 0 Å². The third-order valence-corrected chi connectivity index (χ3v) is 2.30. The lowest BCUT2D eigenvalue weighted by Crippen LogP contribution is -2.28. The van der Waals surface area contributed by atoms with Gasteiger partial charge in [-0.05, 0) is 18.1 Å². The fraction of sp³-hybridized carbons (Fsp3) is 0.364. The average Bonchev–Trinajstić information content (AvgIpc) is 2.18. The van der Waals surface area contributed by atoms with Gasteiger partial charge in [-0.15, -0.1) is 0 Å². The van der Waals surface area contributed by atoms with Crippen LogP contribution >= 0.6 is 11.6 Å². The molecule has 0 aromatic heterocycles. The van der Waals surface area contributed by atoms with E-state index >= 15 is 0 Å². The summed E-state index contributed by atoms with van der Waals surface area (Å²) in [6.07, 6.45) is 0. The lowest BCUT2D eigenvalue weighted by molar-refractivity contribution is 0.0950. The summed E-state index contributed by atoms with van der Waals surface area (Å²) in [6, 6.07) is 5.04. The quantitative estimate of drug-likeness (QED) is 0.778. The second kappa shape index (κ2) is 5.03. The molecule has 3 nitrogen and oxygen atoms in total. The van der Waals surface area contributed by atoms with E-state index in [9.17, 15) is 4.79 Å². The van der Waals surface area contributed by atoms with Crippen LogP contribution in [0.5, 0.6) is 0 Å². The molecule has 0 saturated heterocycles. The average molecular weight is 227 g/mol. The Balaban J connectivity index is 2.78. The number of carbonyl (C=O) groups is 1. The Morgan fingerprint density at radius 2 is 2.20 bits per heavy atom. The van der Waals surface area contributed by atoms with Gasteiger partial charge in [0.25, 0.3) is 5.91 Å². The Labute approximate surface area is 94.6 Å². The van der Waals surface area contributed by atoms with Crippen molar-refractivity contribution in [1.82, 2.24) is 5.32 Å². The van der Waals surface area contributed by atoms with Crippen LogP contribution in [-0.2, 0) is 0 Å². The fourth-order valence-corrected chi connectivity index (χ4v) is 1.30. The topological polar surface area (TPSA) is 55.1 Å². The lowest BCUT2D eigenvalue weighted by Gasteiger charge is -2.09. The molecule has 0 atom stereocenters. The monoisotopic (exact) mass is 226 g/mol. The number of halogens is 1. The molecule has 3 N–H and O–H groups in total. The van der Waals surface area contributed by atoms with Gasteiger partial charge >= 0.3 is 0 Å². The summed E-state index contributed by atoms with van der Waals surface area (Å²) in [5.74, 6) is 0.234. The van der Waals surface area contributed by atoms with Crippen molar-refractivity contribution in [3.05, 3.63) is 28.8 Å². The molecule has 0 aliphatic rings. The molecule has 0 aliphatic carbocycles. The van der Waals surface area contributed by atoms with Crippen LogP contribution in [0.25, 0.3) is 0 Å². The highest BCUT2D eigenvalue weighted by Crippen LogP contribution is 2.22. The minimum Gasteiger partial charge on any atom is -0.397 e. The molecule has 4 heteroatoms. The van der Waals surface area contributed by atoms with Gasteiger partial charge in [-0.1, -0.05) is 31.5 Å². The van der Waals surface area contributed by atoms with Crippen molar-refractivity contribution in [1.29, 1.82) is 0 Å². The van der Waals surface area contributed by atoms with E-state index in [1.807, 2.05) is 13.8 Å². The molecule has 1 amide bonds. The second-order valence-electron chi connectivity index (χ2n) is 3.80. The third-order valence-electron chi connectivity index (χ3n) is 1.97. The third kappa shape index (κ3) is 3.13.